The Morgan fingerprint density at radius 3 is 2.73 bits per heavy atom. The molecule has 0 radical (unpaired) electrons. The first kappa shape index (κ1) is 20.1. The summed E-state index contributed by atoms with van der Waals surface area (Å²) in [6, 6.07) is 10.1. The van der Waals surface area contributed by atoms with E-state index in [0.29, 0.717) is 6.42 Å². The second-order valence-corrected chi connectivity index (χ2v) is 8.22. The lowest BCUT2D eigenvalue weighted by Crippen LogP contribution is -2.32. The molecule has 4 rings (SSSR count). The van der Waals surface area contributed by atoms with Gasteiger partial charge in [-0.3, -0.25) is 0 Å². The third-order valence-corrected chi connectivity index (χ3v) is 5.55. The van der Waals surface area contributed by atoms with Crippen LogP contribution in [0.5, 0.6) is 11.5 Å². The predicted molar refractivity (Wildman–Crippen MR) is 119 cm³/mol. The van der Waals surface area contributed by atoms with Crippen LogP contribution >= 0.6 is 0 Å². The molecule has 30 heavy (non-hydrogen) atoms. The lowest BCUT2D eigenvalue weighted by Gasteiger charge is -2.37. The summed E-state index contributed by atoms with van der Waals surface area (Å²) in [5.41, 5.74) is 6.48. The summed E-state index contributed by atoms with van der Waals surface area (Å²) in [5, 5.41) is 3.62. The van der Waals surface area contributed by atoms with Gasteiger partial charge < -0.3 is 19.5 Å². The number of benzene rings is 2. The SMILES string of the molecule is COC(=O)C=CCC1Oc2cccc(OC)c2-c2ccc3c(c21)C(C)=CC(C)(C)N3. The number of rotatable bonds is 4. The smallest absolute Gasteiger partial charge is 0.330 e. The van der Waals surface area contributed by atoms with Crippen molar-refractivity contribution in [3.63, 3.8) is 0 Å². The number of methoxy groups -OCH3 is 2. The van der Waals surface area contributed by atoms with Crippen molar-refractivity contribution in [2.75, 3.05) is 19.5 Å². The number of anilines is 1. The monoisotopic (exact) mass is 405 g/mol. The van der Waals surface area contributed by atoms with Crippen LogP contribution < -0.4 is 14.8 Å². The molecular weight excluding hydrogens is 378 g/mol. The Hall–Kier alpha value is -3.21. The van der Waals surface area contributed by atoms with Crippen molar-refractivity contribution in [1.29, 1.82) is 0 Å². The summed E-state index contributed by atoms with van der Waals surface area (Å²) >= 11 is 0. The molecule has 2 aliphatic heterocycles. The van der Waals surface area contributed by atoms with Crippen LogP contribution in [0.25, 0.3) is 16.7 Å². The number of ether oxygens (including phenoxy) is 3. The highest BCUT2D eigenvalue weighted by molar-refractivity contribution is 5.91. The molecule has 2 aliphatic rings. The average Bonchev–Trinajstić information content (AvgIpc) is 2.71. The van der Waals surface area contributed by atoms with Crippen molar-refractivity contribution in [1.82, 2.24) is 0 Å². The number of nitrogens with one attached hydrogen (secondary N) is 1. The first-order valence-electron chi connectivity index (χ1n) is 10.1. The molecule has 0 aromatic heterocycles. The highest BCUT2D eigenvalue weighted by Gasteiger charge is 2.34. The van der Waals surface area contributed by atoms with Gasteiger partial charge in [-0.15, -0.1) is 0 Å². The number of carbonyl (C=O) groups is 1. The van der Waals surface area contributed by atoms with Crippen molar-refractivity contribution in [2.45, 2.75) is 38.8 Å². The zero-order valence-electron chi connectivity index (χ0n) is 18.0. The molecule has 1 N–H and O–H groups in total. The Kier molecular flexibility index (Phi) is 5.06. The van der Waals surface area contributed by atoms with Crippen LogP contribution in [0.1, 0.15) is 44.4 Å². The maximum absolute atomic E-state index is 11.6. The molecule has 0 saturated carbocycles. The molecule has 0 spiro atoms. The van der Waals surface area contributed by atoms with Gasteiger partial charge in [0.2, 0.25) is 0 Å². The Balaban J connectivity index is 1.90. The van der Waals surface area contributed by atoms with Crippen LogP contribution in [-0.2, 0) is 9.53 Å². The van der Waals surface area contributed by atoms with Gasteiger partial charge in [-0.25, -0.2) is 4.79 Å². The largest absolute Gasteiger partial charge is 0.496 e. The molecular formula is C25H27NO4. The normalized spacial score (nSPS) is 18.3. The fourth-order valence-electron chi connectivity index (χ4n) is 4.48. The van der Waals surface area contributed by atoms with Crippen molar-refractivity contribution < 1.29 is 19.0 Å². The quantitative estimate of drug-likeness (QED) is 0.536. The minimum Gasteiger partial charge on any atom is -0.496 e. The molecule has 1 unspecified atom stereocenters. The molecule has 5 heteroatoms. The van der Waals surface area contributed by atoms with Gasteiger partial charge in [0.25, 0.3) is 0 Å². The standard InChI is InChI=1S/C25H27NO4/c1-15-14-25(2,3)26-17-13-12-16-23-18(28-4)8-6-9-19(23)30-20(24(16)22(15)17)10-7-11-21(27)29-5/h6-9,11-14,20,26H,10H2,1-5H3. The summed E-state index contributed by atoms with van der Waals surface area (Å²) in [7, 11) is 3.05. The van der Waals surface area contributed by atoms with Gasteiger partial charge in [-0.1, -0.05) is 24.3 Å². The Bertz CT molecular complexity index is 1070. The molecule has 0 saturated heterocycles. The highest BCUT2D eigenvalue weighted by atomic mass is 16.5. The van der Waals surface area contributed by atoms with E-state index in [-0.39, 0.29) is 17.6 Å². The van der Waals surface area contributed by atoms with E-state index < -0.39 is 0 Å². The number of hydrogen-bond acceptors (Lipinski definition) is 5. The van der Waals surface area contributed by atoms with Gasteiger partial charge in [0.05, 0.1) is 25.3 Å². The van der Waals surface area contributed by atoms with Crippen LogP contribution in [0.3, 0.4) is 0 Å². The lowest BCUT2D eigenvalue weighted by atomic mass is 9.81. The lowest BCUT2D eigenvalue weighted by molar-refractivity contribution is -0.134. The second-order valence-electron chi connectivity index (χ2n) is 8.22. The van der Waals surface area contributed by atoms with Crippen LogP contribution in [0.4, 0.5) is 5.69 Å². The van der Waals surface area contributed by atoms with Gasteiger partial charge in [0, 0.05) is 29.3 Å². The van der Waals surface area contributed by atoms with Crippen LogP contribution in [-0.4, -0.2) is 25.7 Å². The fourth-order valence-corrected chi connectivity index (χ4v) is 4.48. The molecule has 5 nitrogen and oxygen atoms in total. The van der Waals surface area contributed by atoms with Crippen molar-refractivity contribution in [3.8, 4) is 22.6 Å². The minimum absolute atomic E-state index is 0.128. The van der Waals surface area contributed by atoms with E-state index in [0.717, 1.165) is 39.4 Å². The van der Waals surface area contributed by atoms with Crippen LogP contribution in [0, 0.1) is 0 Å². The third kappa shape index (κ3) is 3.45. The molecule has 2 aromatic carbocycles. The number of allylic oxidation sites excluding steroid dienone is 1. The van der Waals surface area contributed by atoms with Gasteiger partial charge >= 0.3 is 5.97 Å². The van der Waals surface area contributed by atoms with Crippen molar-refractivity contribution >= 4 is 17.2 Å². The number of fused-ring (bicyclic) bond motifs is 5. The number of esters is 1. The first-order valence-corrected chi connectivity index (χ1v) is 10.1. The van der Waals surface area contributed by atoms with E-state index in [9.17, 15) is 4.79 Å². The predicted octanol–water partition coefficient (Wildman–Crippen LogP) is 5.52. The summed E-state index contributed by atoms with van der Waals surface area (Å²) in [5.74, 6) is 1.19. The number of hydrogen-bond donors (Lipinski definition) is 1. The third-order valence-electron chi connectivity index (χ3n) is 5.55. The fraction of sp³-hybridized carbons (Fsp3) is 0.320. The molecule has 0 amide bonds. The van der Waals surface area contributed by atoms with E-state index in [1.807, 2.05) is 24.3 Å². The maximum Gasteiger partial charge on any atom is 0.330 e. The van der Waals surface area contributed by atoms with Gasteiger partial charge in [0.15, 0.2) is 0 Å². The molecule has 0 bridgehead atoms. The van der Waals surface area contributed by atoms with E-state index in [2.05, 4.69) is 44.3 Å². The average molecular weight is 405 g/mol. The second kappa shape index (κ2) is 7.56. The molecule has 1 atom stereocenters. The summed E-state index contributed by atoms with van der Waals surface area (Å²) in [6.45, 7) is 6.45. The van der Waals surface area contributed by atoms with E-state index in [1.165, 1.54) is 18.8 Å². The first-order chi connectivity index (χ1) is 14.3. The van der Waals surface area contributed by atoms with E-state index >= 15 is 0 Å². The molecule has 0 aliphatic carbocycles. The number of carbonyl (C=O) groups excluding carboxylic acids is 1. The Labute approximate surface area is 177 Å². The van der Waals surface area contributed by atoms with Gasteiger partial charge in [0.1, 0.15) is 17.6 Å². The molecule has 2 aromatic rings. The van der Waals surface area contributed by atoms with Crippen LogP contribution in [0.2, 0.25) is 0 Å². The zero-order valence-corrected chi connectivity index (χ0v) is 18.0. The van der Waals surface area contributed by atoms with Crippen molar-refractivity contribution in [2.24, 2.45) is 0 Å². The zero-order chi connectivity index (χ0) is 21.5. The van der Waals surface area contributed by atoms with Gasteiger partial charge in [-0.2, -0.15) is 0 Å². The molecule has 0 fully saturated rings. The summed E-state index contributed by atoms with van der Waals surface area (Å²) < 4.78 is 16.8. The summed E-state index contributed by atoms with van der Waals surface area (Å²) in [6.07, 6.45) is 5.82. The van der Waals surface area contributed by atoms with E-state index in [4.69, 9.17) is 14.2 Å². The topological polar surface area (TPSA) is 56.8 Å². The Morgan fingerprint density at radius 1 is 1.20 bits per heavy atom. The maximum atomic E-state index is 11.6. The minimum atomic E-state index is -0.373. The highest BCUT2D eigenvalue weighted by Crippen LogP contribution is 2.52. The molecule has 2 heterocycles. The van der Waals surface area contributed by atoms with Gasteiger partial charge in [-0.05, 0) is 50.1 Å². The Morgan fingerprint density at radius 2 is 2.00 bits per heavy atom. The molecule has 156 valence electrons. The summed E-state index contributed by atoms with van der Waals surface area (Å²) in [4.78, 5) is 11.6. The van der Waals surface area contributed by atoms with Crippen molar-refractivity contribution in [3.05, 3.63) is 59.7 Å². The van der Waals surface area contributed by atoms with Crippen LogP contribution in [0.15, 0.2) is 48.6 Å². The van der Waals surface area contributed by atoms with E-state index in [1.54, 1.807) is 7.11 Å².